The van der Waals surface area contributed by atoms with E-state index in [2.05, 4.69) is 10.3 Å². The van der Waals surface area contributed by atoms with Crippen molar-refractivity contribution in [1.82, 2.24) is 4.98 Å². The minimum absolute atomic E-state index is 0.159. The molecular weight excluding hydrogens is 284 g/mol. The Labute approximate surface area is 131 Å². The number of carbonyl (C=O) groups excluding carboxylic acids is 1. The quantitative estimate of drug-likeness (QED) is 0.812. The summed E-state index contributed by atoms with van der Waals surface area (Å²) in [5.74, 6) is 1.97. The van der Waals surface area contributed by atoms with Crippen LogP contribution in [-0.4, -0.2) is 10.9 Å². The van der Waals surface area contributed by atoms with Crippen molar-refractivity contribution < 1.29 is 4.79 Å². The van der Waals surface area contributed by atoms with Gasteiger partial charge in [-0.25, -0.2) is 4.98 Å². The standard InChI is InChI=1S/C17H23ClN2O/c1-11-15(8-9-16(18)19-11)20-17(21)14-7-6-12-4-2-3-5-13(12)10-14/h8-9,12-14H,2-7,10H2,1H3,(H,20,21). The monoisotopic (exact) mass is 306 g/mol. The third kappa shape index (κ3) is 3.39. The highest BCUT2D eigenvalue weighted by Gasteiger charge is 2.35. The van der Waals surface area contributed by atoms with Gasteiger partial charge < -0.3 is 5.32 Å². The fourth-order valence-corrected chi connectivity index (χ4v) is 4.20. The van der Waals surface area contributed by atoms with Crippen molar-refractivity contribution in [2.45, 2.75) is 51.9 Å². The van der Waals surface area contributed by atoms with Crippen molar-refractivity contribution in [3.05, 3.63) is 23.0 Å². The number of nitrogens with one attached hydrogen (secondary N) is 1. The van der Waals surface area contributed by atoms with Crippen molar-refractivity contribution in [2.24, 2.45) is 17.8 Å². The zero-order valence-corrected chi connectivity index (χ0v) is 13.3. The summed E-state index contributed by atoms with van der Waals surface area (Å²) in [5, 5.41) is 3.51. The zero-order valence-electron chi connectivity index (χ0n) is 12.6. The highest BCUT2D eigenvalue weighted by molar-refractivity contribution is 6.29. The Balaban J connectivity index is 1.63. The summed E-state index contributed by atoms with van der Waals surface area (Å²) in [6.45, 7) is 1.87. The van der Waals surface area contributed by atoms with Crippen molar-refractivity contribution in [3.8, 4) is 0 Å². The summed E-state index contributed by atoms with van der Waals surface area (Å²) in [7, 11) is 0. The Bertz CT molecular complexity index is 532. The molecule has 3 unspecified atom stereocenters. The first-order chi connectivity index (χ1) is 10.1. The molecule has 0 saturated heterocycles. The molecule has 2 fully saturated rings. The summed E-state index contributed by atoms with van der Waals surface area (Å²) in [6.07, 6.45) is 8.74. The molecule has 1 aromatic rings. The van der Waals surface area contributed by atoms with Crippen LogP contribution in [0, 0.1) is 24.7 Å². The van der Waals surface area contributed by atoms with Crippen LogP contribution in [0.25, 0.3) is 0 Å². The molecule has 1 aromatic heterocycles. The van der Waals surface area contributed by atoms with E-state index in [1.807, 2.05) is 13.0 Å². The predicted molar refractivity (Wildman–Crippen MR) is 85.4 cm³/mol. The second-order valence-corrected chi connectivity index (χ2v) is 6.96. The van der Waals surface area contributed by atoms with Crippen molar-refractivity contribution in [3.63, 3.8) is 0 Å². The molecule has 0 radical (unpaired) electrons. The molecule has 0 aromatic carbocycles. The van der Waals surface area contributed by atoms with E-state index in [1.54, 1.807) is 6.07 Å². The average molecular weight is 307 g/mol. The van der Waals surface area contributed by atoms with Crippen LogP contribution in [0.3, 0.4) is 0 Å². The van der Waals surface area contributed by atoms with Gasteiger partial charge in [0.1, 0.15) is 5.15 Å². The van der Waals surface area contributed by atoms with E-state index in [9.17, 15) is 4.79 Å². The van der Waals surface area contributed by atoms with Crippen LogP contribution in [-0.2, 0) is 4.79 Å². The van der Waals surface area contributed by atoms with Gasteiger partial charge in [0, 0.05) is 5.92 Å². The maximum atomic E-state index is 12.5. The lowest BCUT2D eigenvalue weighted by Gasteiger charge is -2.38. The van der Waals surface area contributed by atoms with Gasteiger partial charge in [-0.2, -0.15) is 0 Å². The fourth-order valence-electron chi connectivity index (χ4n) is 4.01. The first-order valence-corrected chi connectivity index (χ1v) is 8.45. The number of amides is 1. The molecule has 114 valence electrons. The molecule has 4 heteroatoms. The molecule has 21 heavy (non-hydrogen) atoms. The minimum Gasteiger partial charge on any atom is -0.324 e. The van der Waals surface area contributed by atoms with Crippen LogP contribution in [0.1, 0.15) is 50.6 Å². The highest BCUT2D eigenvalue weighted by atomic mass is 35.5. The topological polar surface area (TPSA) is 42.0 Å². The number of halogens is 1. The van der Waals surface area contributed by atoms with Crippen LogP contribution in [0.4, 0.5) is 5.69 Å². The zero-order chi connectivity index (χ0) is 14.8. The Morgan fingerprint density at radius 3 is 2.71 bits per heavy atom. The molecule has 0 bridgehead atoms. The number of hydrogen-bond donors (Lipinski definition) is 1. The van der Waals surface area contributed by atoms with Gasteiger partial charge in [0.15, 0.2) is 0 Å². The SMILES string of the molecule is Cc1nc(Cl)ccc1NC(=O)C1CCC2CCCCC2C1. The largest absolute Gasteiger partial charge is 0.324 e. The molecule has 0 spiro atoms. The maximum Gasteiger partial charge on any atom is 0.227 e. The van der Waals surface area contributed by atoms with Crippen molar-refractivity contribution >= 4 is 23.2 Å². The second kappa shape index (κ2) is 6.35. The lowest BCUT2D eigenvalue weighted by atomic mass is 9.67. The normalized spacial score (nSPS) is 28.8. The van der Waals surface area contributed by atoms with Gasteiger partial charge in [-0.15, -0.1) is 0 Å². The van der Waals surface area contributed by atoms with Gasteiger partial charge >= 0.3 is 0 Å². The van der Waals surface area contributed by atoms with Crippen LogP contribution in [0.5, 0.6) is 0 Å². The third-order valence-corrected chi connectivity index (χ3v) is 5.43. The number of aryl methyl sites for hydroxylation is 1. The maximum absolute atomic E-state index is 12.5. The Morgan fingerprint density at radius 2 is 1.95 bits per heavy atom. The molecule has 2 aliphatic carbocycles. The van der Waals surface area contributed by atoms with E-state index in [4.69, 9.17) is 11.6 Å². The molecule has 2 aliphatic rings. The third-order valence-electron chi connectivity index (χ3n) is 5.22. The number of hydrogen-bond acceptors (Lipinski definition) is 2. The molecule has 0 aliphatic heterocycles. The highest BCUT2D eigenvalue weighted by Crippen LogP contribution is 2.42. The molecule has 1 heterocycles. The van der Waals surface area contributed by atoms with Crippen LogP contribution in [0.2, 0.25) is 5.15 Å². The van der Waals surface area contributed by atoms with E-state index in [-0.39, 0.29) is 11.8 Å². The number of aromatic nitrogens is 1. The second-order valence-electron chi connectivity index (χ2n) is 6.57. The minimum atomic E-state index is 0.159. The van der Waals surface area contributed by atoms with Gasteiger partial charge in [0.05, 0.1) is 11.4 Å². The first-order valence-electron chi connectivity index (χ1n) is 8.07. The summed E-state index contributed by atoms with van der Waals surface area (Å²) in [6, 6.07) is 3.57. The van der Waals surface area contributed by atoms with E-state index in [0.29, 0.717) is 5.15 Å². The Kier molecular flexibility index (Phi) is 4.48. The lowest BCUT2D eigenvalue weighted by Crippen LogP contribution is -2.34. The fraction of sp³-hybridized carbons (Fsp3) is 0.647. The Hall–Kier alpha value is -1.09. The first kappa shape index (κ1) is 14.8. The average Bonchev–Trinajstić information content (AvgIpc) is 2.49. The van der Waals surface area contributed by atoms with E-state index in [0.717, 1.165) is 36.1 Å². The van der Waals surface area contributed by atoms with Crippen molar-refractivity contribution in [2.75, 3.05) is 5.32 Å². The van der Waals surface area contributed by atoms with Gasteiger partial charge in [0.2, 0.25) is 5.91 Å². The summed E-state index contributed by atoms with van der Waals surface area (Å²) in [5.41, 5.74) is 1.57. The van der Waals surface area contributed by atoms with Crippen LogP contribution < -0.4 is 5.32 Å². The van der Waals surface area contributed by atoms with E-state index < -0.39 is 0 Å². The number of pyridine rings is 1. The van der Waals surface area contributed by atoms with Crippen LogP contribution in [0.15, 0.2) is 12.1 Å². The number of fused-ring (bicyclic) bond motifs is 1. The van der Waals surface area contributed by atoms with E-state index >= 15 is 0 Å². The number of rotatable bonds is 2. The number of carbonyl (C=O) groups is 1. The smallest absolute Gasteiger partial charge is 0.227 e. The van der Waals surface area contributed by atoms with Gasteiger partial charge in [0.25, 0.3) is 0 Å². The van der Waals surface area contributed by atoms with E-state index in [1.165, 1.54) is 32.1 Å². The summed E-state index contributed by atoms with van der Waals surface area (Å²) >= 11 is 5.85. The summed E-state index contributed by atoms with van der Waals surface area (Å²) in [4.78, 5) is 16.7. The molecule has 3 nitrogen and oxygen atoms in total. The molecule has 2 saturated carbocycles. The molecule has 3 atom stereocenters. The van der Waals surface area contributed by atoms with Crippen LogP contribution >= 0.6 is 11.6 Å². The predicted octanol–water partition coefficient (Wildman–Crippen LogP) is 4.59. The Morgan fingerprint density at radius 1 is 1.19 bits per heavy atom. The number of nitrogens with zero attached hydrogens (tertiary/aromatic N) is 1. The van der Waals surface area contributed by atoms with Gasteiger partial charge in [-0.1, -0.05) is 37.3 Å². The number of anilines is 1. The lowest BCUT2D eigenvalue weighted by molar-refractivity contribution is -0.122. The van der Waals surface area contributed by atoms with Gasteiger partial charge in [-0.05, 0) is 50.2 Å². The van der Waals surface area contributed by atoms with Gasteiger partial charge in [-0.3, -0.25) is 4.79 Å². The molecule has 1 N–H and O–H groups in total. The molecular formula is C17H23ClN2O. The molecule has 3 rings (SSSR count). The summed E-state index contributed by atoms with van der Waals surface area (Å²) < 4.78 is 0. The van der Waals surface area contributed by atoms with Crippen molar-refractivity contribution in [1.29, 1.82) is 0 Å². The molecule has 1 amide bonds.